The van der Waals surface area contributed by atoms with Crippen molar-refractivity contribution in [1.82, 2.24) is 9.78 Å². The van der Waals surface area contributed by atoms with E-state index in [1.807, 2.05) is 10.7 Å². The molecule has 0 spiro atoms. The zero-order valence-electron chi connectivity index (χ0n) is 19.9. The molecule has 0 saturated heterocycles. The van der Waals surface area contributed by atoms with Gasteiger partial charge in [0.15, 0.2) is 8.32 Å². The molecule has 1 aromatic heterocycles. The van der Waals surface area contributed by atoms with Crippen molar-refractivity contribution in [2.45, 2.75) is 97.8 Å². The first-order valence-electron chi connectivity index (χ1n) is 11.2. The van der Waals surface area contributed by atoms with Gasteiger partial charge >= 0.3 is 0 Å². The Morgan fingerprint density at radius 2 is 1.59 bits per heavy atom. The van der Waals surface area contributed by atoms with Gasteiger partial charge in [-0.15, -0.1) is 0 Å². The second kappa shape index (κ2) is 9.56. The van der Waals surface area contributed by atoms with Gasteiger partial charge in [0.2, 0.25) is 5.43 Å². The summed E-state index contributed by atoms with van der Waals surface area (Å²) in [4.78, 5) is 13.1. The molecule has 4 nitrogen and oxygen atoms in total. The number of nitrogens with zero attached hydrogens (tertiary/aromatic N) is 2. The number of hydrogen-bond donors (Lipinski definition) is 0. The smallest absolute Gasteiger partial charge is 0.211 e. The molecule has 0 amide bonds. The molecule has 0 N–H and O–H groups in total. The Balaban J connectivity index is 2.36. The summed E-state index contributed by atoms with van der Waals surface area (Å²) in [6, 6.07) is 6.16. The molecular weight excluding hydrogens is 376 g/mol. The Labute approximate surface area is 177 Å². The zero-order valence-corrected chi connectivity index (χ0v) is 20.9. The van der Waals surface area contributed by atoms with E-state index in [1.165, 1.54) is 5.56 Å². The van der Waals surface area contributed by atoms with Gasteiger partial charge in [0, 0.05) is 25.0 Å². The maximum atomic E-state index is 13.1. The van der Waals surface area contributed by atoms with Crippen LogP contribution in [0.25, 0.3) is 10.9 Å². The van der Waals surface area contributed by atoms with Gasteiger partial charge in [-0.25, -0.2) is 0 Å². The molecule has 162 valence electrons. The fourth-order valence-electron chi connectivity index (χ4n) is 4.94. The van der Waals surface area contributed by atoms with Crippen LogP contribution < -0.4 is 5.43 Å². The van der Waals surface area contributed by atoms with Crippen LogP contribution in [-0.4, -0.2) is 24.7 Å². The normalized spacial score (nSPS) is 12.9. The first-order valence-corrected chi connectivity index (χ1v) is 13.4. The quantitative estimate of drug-likeness (QED) is 0.452. The average molecular weight is 417 g/mol. The summed E-state index contributed by atoms with van der Waals surface area (Å²) in [5.74, 6) is 0.425. The third-order valence-corrected chi connectivity index (χ3v) is 12.5. The van der Waals surface area contributed by atoms with Crippen molar-refractivity contribution < 1.29 is 4.43 Å². The number of fused-ring (bicyclic) bond motifs is 1. The molecule has 2 rings (SSSR count). The SMILES string of the molecule is CCn1nc(CCO[Si](C(C)C)(C(C)C)C(C)C)c(=O)c2ccc(C(C)C)cc21. The fourth-order valence-corrected chi connectivity index (χ4v) is 10.4. The van der Waals surface area contributed by atoms with Crippen LogP contribution in [0, 0.1) is 0 Å². The highest BCUT2D eigenvalue weighted by molar-refractivity contribution is 6.77. The van der Waals surface area contributed by atoms with Gasteiger partial charge in [-0.3, -0.25) is 9.48 Å². The summed E-state index contributed by atoms with van der Waals surface area (Å²) < 4.78 is 8.63. The van der Waals surface area contributed by atoms with E-state index in [1.54, 1.807) is 0 Å². The summed E-state index contributed by atoms with van der Waals surface area (Å²) in [5.41, 5.74) is 4.45. The molecular formula is C24H40N2O2Si. The Morgan fingerprint density at radius 3 is 2.07 bits per heavy atom. The van der Waals surface area contributed by atoms with Crippen molar-refractivity contribution in [1.29, 1.82) is 0 Å². The molecule has 0 radical (unpaired) electrons. The Hall–Kier alpha value is -1.46. The molecule has 0 unspecified atom stereocenters. The van der Waals surface area contributed by atoms with Crippen LogP contribution in [-0.2, 0) is 17.4 Å². The number of hydrogen-bond acceptors (Lipinski definition) is 3. The minimum Gasteiger partial charge on any atom is -0.416 e. The number of benzene rings is 1. The van der Waals surface area contributed by atoms with Crippen molar-refractivity contribution in [2.75, 3.05) is 6.61 Å². The Bertz CT molecular complexity index is 863. The number of aromatic nitrogens is 2. The summed E-state index contributed by atoms with van der Waals surface area (Å²) in [6.07, 6.45) is 0.571. The molecule has 29 heavy (non-hydrogen) atoms. The van der Waals surface area contributed by atoms with Crippen LogP contribution >= 0.6 is 0 Å². The Kier molecular flexibility index (Phi) is 7.85. The van der Waals surface area contributed by atoms with Gasteiger partial charge in [-0.2, -0.15) is 5.10 Å². The van der Waals surface area contributed by atoms with Gasteiger partial charge in [-0.05, 0) is 47.2 Å². The predicted octanol–water partition coefficient (Wildman–Crippen LogP) is 6.27. The third-order valence-electron chi connectivity index (χ3n) is 6.41. The van der Waals surface area contributed by atoms with Crippen LogP contribution in [0.5, 0.6) is 0 Å². The molecule has 0 aliphatic heterocycles. The van der Waals surface area contributed by atoms with Crippen LogP contribution in [0.3, 0.4) is 0 Å². The molecule has 1 aromatic carbocycles. The van der Waals surface area contributed by atoms with Crippen molar-refractivity contribution in [2.24, 2.45) is 0 Å². The van der Waals surface area contributed by atoms with Gasteiger partial charge in [0.1, 0.15) is 5.69 Å². The zero-order chi connectivity index (χ0) is 21.9. The molecule has 0 aliphatic carbocycles. The van der Waals surface area contributed by atoms with Crippen LogP contribution in [0.1, 0.15) is 79.5 Å². The molecule has 5 heteroatoms. The summed E-state index contributed by atoms with van der Waals surface area (Å²) in [6.45, 7) is 21.5. The number of aryl methyl sites for hydroxylation is 1. The van der Waals surface area contributed by atoms with Gasteiger partial charge in [-0.1, -0.05) is 61.5 Å². The molecule has 0 fully saturated rings. The van der Waals surface area contributed by atoms with Crippen molar-refractivity contribution >= 4 is 19.2 Å². The second-order valence-electron chi connectivity index (χ2n) is 9.44. The lowest BCUT2D eigenvalue weighted by molar-refractivity contribution is 0.279. The fraction of sp³-hybridized carbons (Fsp3) is 0.667. The standard InChI is InChI=1S/C24H40N2O2Si/c1-10-26-23-15-20(16(2)3)11-12-21(23)24(27)22(25-26)13-14-28-29(17(4)5,18(6)7)19(8)9/h11-12,15-19H,10,13-14H2,1-9H3. The lowest BCUT2D eigenvalue weighted by Gasteiger charge is -2.42. The number of rotatable bonds is 9. The van der Waals surface area contributed by atoms with Gasteiger partial charge in [0.25, 0.3) is 0 Å². The maximum Gasteiger partial charge on any atom is 0.211 e. The van der Waals surface area contributed by atoms with E-state index in [0.29, 0.717) is 41.3 Å². The van der Waals surface area contributed by atoms with E-state index in [9.17, 15) is 4.79 Å². The summed E-state index contributed by atoms with van der Waals surface area (Å²) in [7, 11) is -1.93. The van der Waals surface area contributed by atoms with E-state index in [4.69, 9.17) is 9.52 Å². The van der Waals surface area contributed by atoms with E-state index >= 15 is 0 Å². The first-order chi connectivity index (χ1) is 13.6. The summed E-state index contributed by atoms with van der Waals surface area (Å²) in [5, 5.41) is 5.48. The lowest BCUT2D eigenvalue weighted by Crippen LogP contribution is -2.48. The highest BCUT2D eigenvalue weighted by Gasteiger charge is 2.44. The van der Waals surface area contributed by atoms with E-state index < -0.39 is 8.32 Å². The second-order valence-corrected chi connectivity index (χ2v) is 14.9. The molecule has 1 heterocycles. The Morgan fingerprint density at radius 1 is 1.00 bits per heavy atom. The van der Waals surface area contributed by atoms with E-state index in [0.717, 1.165) is 17.4 Å². The largest absolute Gasteiger partial charge is 0.416 e. The lowest BCUT2D eigenvalue weighted by atomic mass is 10.0. The third kappa shape index (κ3) is 4.66. The van der Waals surface area contributed by atoms with E-state index in [-0.39, 0.29) is 5.43 Å². The minimum atomic E-state index is -1.93. The van der Waals surface area contributed by atoms with Crippen molar-refractivity contribution in [3.63, 3.8) is 0 Å². The molecule has 0 aliphatic rings. The monoisotopic (exact) mass is 416 g/mol. The van der Waals surface area contributed by atoms with Gasteiger partial charge < -0.3 is 4.43 Å². The highest BCUT2D eigenvalue weighted by atomic mass is 28.4. The van der Waals surface area contributed by atoms with Crippen LogP contribution in [0.4, 0.5) is 0 Å². The van der Waals surface area contributed by atoms with Crippen molar-refractivity contribution in [3.05, 3.63) is 39.7 Å². The molecule has 0 atom stereocenters. The van der Waals surface area contributed by atoms with Crippen molar-refractivity contribution in [3.8, 4) is 0 Å². The maximum absolute atomic E-state index is 13.1. The van der Waals surface area contributed by atoms with Crippen LogP contribution in [0.15, 0.2) is 23.0 Å². The molecule has 2 aromatic rings. The topological polar surface area (TPSA) is 44.1 Å². The molecule has 0 saturated carbocycles. The average Bonchev–Trinajstić information content (AvgIpc) is 2.65. The summed E-state index contributed by atoms with van der Waals surface area (Å²) >= 11 is 0. The predicted molar refractivity (Wildman–Crippen MR) is 126 cm³/mol. The minimum absolute atomic E-state index is 0.0505. The first kappa shape index (κ1) is 23.8. The highest BCUT2D eigenvalue weighted by Crippen LogP contribution is 2.42. The van der Waals surface area contributed by atoms with E-state index in [2.05, 4.69) is 74.4 Å². The van der Waals surface area contributed by atoms with Crippen LogP contribution in [0.2, 0.25) is 16.6 Å². The molecule has 0 bridgehead atoms. The van der Waals surface area contributed by atoms with Gasteiger partial charge in [0.05, 0.1) is 5.52 Å².